The first-order chi connectivity index (χ1) is 19.4. The maximum absolute atomic E-state index is 13.8. The summed E-state index contributed by atoms with van der Waals surface area (Å²) in [5, 5.41) is 3.05. The van der Waals surface area contributed by atoms with E-state index in [0.29, 0.717) is 48.5 Å². The fraction of sp³-hybridized carbons (Fsp3) is 0.515. The van der Waals surface area contributed by atoms with Gasteiger partial charge in [-0.2, -0.15) is 0 Å². The van der Waals surface area contributed by atoms with Crippen molar-refractivity contribution >= 4 is 29.2 Å². The zero-order valence-corrected chi connectivity index (χ0v) is 23.6. The van der Waals surface area contributed by atoms with E-state index in [1.54, 1.807) is 35.2 Å². The molecular weight excluding hydrogens is 502 g/mol. The molecule has 2 aromatic rings. The molecule has 214 valence electrons. The van der Waals surface area contributed by atoms with Gasteiger partial charge in [-0.1, -0.05) is 87.9 Å². The molecule has 0 aromatic heterocycles. The molecule has 7 heteroatoms. The highest BCUT2D eigenvalue weighted by Crippen LogP contribution is 2.35. The van der Waals surface area contributed by atoms with Crippen LogP contribution in [-0.2, 0) is 14.4 Å². The minimum absolute atomic E-state index is 0.103. The van der Waals surface area contributed by atoms with Crippen molar-refractivity contribution in [2.24, 2.45) is 23.5 Å². The van der Waals surface area contributed by atoms with Crippen LogP contribution in [0.15, 0.2) is 54.6 Å². The minimum atomic E-state index is -0.686. The van der Waals surface area contributed by atoms with E-state index in [1.165, 1.54) is 0 Å². The molecule has 40 heavy (non-hydrogen) atoms. The molecule has 1 saturated carbocycles. The van der Waals surface area contributed by atoms with Crippen LogP contribution in [-0.4, -0.2) is 36.1 Å². The molecule has 2 fully saturated rings. The lowest BCUT2D eigenvalue weighted by Gasteiger charge is -2.30. The van der Waals surface area contributed by atoms with Gasteiger partial charge in [0.1, 0.15) is 6.04 Å². The first-order valence-electron chi connectivity index (χ1n) is 15.0. The molecular formula is C33H43N3O4. The number of carbonyl (C=O) groups is 4. The summed E-state index contributed by atoms with van der Waals surface area (Å²) in [7, 11) is 0. The van der Waals surface area contributed by atoms with Crippen molar-refractivity contribution in [1.82, 2.24) is 5.32 Å². The number of anilines is 1. The van der Waals surface area contributed by atoms with Crippen molar-refractivity contribution in [1.29, 1.82) is 0 Å². The number of ketones is 1. The highest BCUT2D eigenvalue weighted by molar-refractivity contribution is 6.10. The molecule has 7 nitrogen and oxygen atoms in total. The van der Waals surface area contributed by atoms with E-state index in [4.69, 9.17) is 5.73 Å². The van der Waals surface area contributed by atoms with Gasteiger partial charge in [0.05, 0.1) is 0 Å². The fourth-order valence-electron chi connectivity index (χ4n) is 6.31. The molecule has 0 unspecified atom stereocenters. The normalized spacial score (nSPS) is 19.6. The third-order valence-corrected chi connectivity index (χ3v) is 8.58. The zero-order chi connectivity index (χ0) is 28.5. The second-order valence-electron chi connectivity index (χ2n) is 11.4. The topological polar surface area (TPSA) is 110 Å². The molecule has 3 amide bonds. The average molecular weight is 546 g/mol. The van der Waals surface area contributed by atoms with Crippen molar-refractivity contribution < 1.29 is 19.2 Å². The van der Waals surface area contributed by atoms with Gasteiger partial charge in [-0.25, -0.2) is 0 Å². The number of nitrogens with two attached hydrogens (primary N) is 1. The van der Waals surface area contributed by atoms with Crippen LogP contribution in [0, 0.1) is 17.8 Å². The summed E-state index contributed by atoms with van der Waals surface area (Å²) in [6.45, 7) is 2.57. The summed E-state index contributed by atoms with van der Waals surface area (Å²) in [4.78, 5) is 54.8. The Kier molecular flexibility index (Phi) is 10.5. The second-order valence-corrected chi connectivity index (χ2v) is 11.4. The zero-order valence-electron chi connectivity index (χ0n) is 23.6. The van der Waals surface area contributed by atoms with Gasteiger partial charge in [0.2, 0.25) is 17.7 Å². The lowest BCUT2D eigenvalue weighted by molar-refractivity contribution is -0.136. The molecule has 1 saturated heterocycles. The number of rotatable bonds is 12. The molecule has 3 atom stereocenters. The van der Waals surface area contributed by atoms with E-state index >= 15 is 0 Å². The van der Waals surface area contributed by atoms with Gasteiger partial charge in [-0.3, -0.25) is 19.2 Å². The lowest BCUT2D eigenvalue weighted by Crippen LogP contribution is -2.51. The molecule has 2 aromatic carbocycles. The van der Waals surface area contributed by atoms with Gasteiger partial charge in [0.25, 0.3) is 0 Å². The number of carbonyl (C=O) groups excluding carboxylic acids is 4. The average Bonchev–Trinajstić information content (AvgIpc) is 3.42. The van der Waals surface area contributed by atoms with Crippen molar-refractivity contribution in [3.05, 3.63) is 65.7 Å². The predicted molar refractivity (Wildman–Crippen MR) is 157 cm³/mol. The summed E-state index contributed by atoms with van der Waals surface area (Å²) < 4.78 is 0. The Bertz CT molecular complexity index is 1180. The first kappa shape index (κ1) is 29.5. The summed E-state index contributed by atoms with van der Waals surface area (Å²) in [5.74, 6) is -1.60. The summed E-state index contributed by atoms with van der Waals surface area (Å²) >= 11 is 0. The van der Waals surface area contributed by atoms with Crippen LogP contribution in [0.3, 0.4) is 0 Å². The number of nitrogens with zero attached hydrogens (tertiary/aromatic N) is 1. The van der Waals surface area contributed by atoms with Crippen molar-refractivity contribution in [3.8, 4) is 0 Å². The number of primary amides is 1. The number of amides is 3. The Hall–Kier alpha value is -3.48. The minimum Gasteiger partial charge on any atom is -0.369 e. The van der Waals surface area contributed by atoms with E-state index in [9.17, 15) is 19.2 Å². The molecule has 4 rings (SSSR count). The van der Waals surface area contributed by atoms with Crippen LogP contribution < -0.4 is 16.0 Å². The Labute approximate surface area is 237 Å². The quantitative estimate of drug-likeness (QED) is 0.348. The van der Waals surface area contributed by atoms with Crippen molar-refractivity contribution in [3.63, 3.8) is 0 Å². The maximum atomic E-state index is 13.8. The molecule has 0 radical (unpaired) electrons. The number of unbranched alkanes of at least 4 members (excludes halogenated alkanes) is 1. The number of hydrogen-bond acceptors (Lipinski definition) is 4. The molecule has 3 N–H and O–H groups in total. The number of nitrogens with one attached hydrogen (secondary N) is 1. The molecule has 2 aliphatic rings. The van der Waals surface area contributed by atoms with Gasteiger partial charge in [-0.05, 0) is 50.2 Å². The van der Waals surface area contributed by atoms with Gasteiger partial charge in [0.15, 0.2) is 5.78 Å². The fourth-order valence-corrected chi connectivity index (χ4v) is 6.31. The lowest BCUT2D eigenvalue weighted by atomic mass is 9.80. The molecule has 1 aliphatic carbocycles. The number of hydrogen-bond donors (Lipinski definition) is 2. The van der Waals surface area contributed by atoms with E-state index < -0.39 is 23.8 Å². The standard InChI is InChI=1S/C33H43N3O4/c1-2-3-18-27(31(34)38)28(21-23-12-7-8-13-23)32(39)35-29-19-9-10-20-36(33(29)40)26-17-11-16-25(22-26)30(37)24-14-5-4-6-15-24/h4-6,11,14-17,22-23,27-29H,2-3,7-10,12-13,18-21H2,1H3,(H2,34,38)(H,35,39)/t27-,28+,29-/m0/s1. The van der Waals surface area contributed by atoms with Gasteiger partial charge >= 0.3 is 0 Å². The smallest absolute Gasteiger partial charge is 0.249 e. The molecule has 1 aliphatic heterocycles. The Morgan fingerprint density at radius 3 is 2.33 bits per heavy atom. The van der Waals surface area contributed by atoms with Crippen molar-refractivity contribution in [2.45, 2.75) is 83.6 Å². The van der Waals surface area contributed by atoms with Crippen LogP contribution in [0.25, 0.3) is 0 Å². The predicted octanol–water partition coefficient (Wildman–Crippen LogP) is 5.41. The number of benzene rings is 2. The Morgan fingerprint density at radius 1 is 0.925 bits per heavy atom. The van der Waals surface area contributed by atoms with Crippen LogP contribution >= 0.6 is 0 Å². The van der Waals surface area contributed by atoms with E-state index in [2.05, 4.69) is 12.2 Å². The third-order valence-electron chi connectivity index (χ3n) is 8.58. The van der Waals surface area contributed by atoms with Crippen LogP contribution in [0.5, 0.6) is 0 Å². The molecule has 0 bridgehead atoms. The largest absolute Gasteiger partial charge is 0.369 e. The summed E-state index contributed by atoms with van der Waals surface area (Å²) in [6.07, 6.45) is 9.53. The van der Waals surface area contributed by atoms with Crippen LogP contribution in [0.1, 0.15) is 93.5 Å². The molecule has 0 spiro atoms. The van der Waals surface area contributed by atoms with Crippen LogP contribution in [0.4, 0.5) is 5.69 Å². The monoisotopic (exact) mass is 545 g/mol. The maximum Gasteiger partial charge on any atom is 0.249 e. The Balaban J connectivity index is 1.53. The summed E-state index contributed by atoms with van der Waals surface area (Å²) in [5.41, 5.74) is 7.58. The van der Waals surface area contributed by atoms with E-state index in [1.807, 2.05) is 24.3 Å². The van der Waals surface area contributed by atoms with Gasteiger partial charge < -0.3 is 16.0 Å². The highest BCUT2D eigenvalue weighted by Gasteiger charge is 2.37. The molecule has 1 heterocycles. The first-order valence-corrected chi connectivity index (χ1v) is 15.0. The highest BCUT2D eigenvalue weighted by atomic mass is 16.2. The third kappa shape index (κ3) is 7.38. The van der Waals surface area contributed by atoms with Crippen LogP contribution in [0.2, 0.25) is 0 Å². The second kappa shape index (κ2) is 14.2. The van der Waals surface area contributed by atoms with E-state index in [0.717, 1.165) is 51.4 Å². The van der Waals surface area contributed by atoms with Gasteiger partial charge in [0, 0.05) is 35.2 Å². The van der Waals surface area contributed by atoms with Crippen molar-refractivity contribution in [2.75, 3.05) is 11.4 Å². The Morgan fingerprint density at radius 2 is 1.62 bits per heavy atom. The summed E-state index contributed by atoms with van der Waals surface area (Å²) in [6, 6.07) is 15.5. The SMILES string of the molecule is CCCC[C@H](C(N)=O)[C@@H](CC1CCCC1)C(=O)N[C@H]1CCCCN(c2cccc(C(=O)c3ccccc3)c2)C1=O. The van der Waals surface area contributed by atoms with E-state index in [-0.39, 0.29) is 17.6 Å². The van der Waals surface area contributed by atoms with Gasteiger partial charge in [-0.15, -0.1) is 0 Å².